The minimum absolute atomic E-state index is 0.150. The van der Waals surface area contributed by atoms with Crippen LogP contribution in [0.2, 0.25) is 0 Å². The monoisotopic (exact) mass is 292 g/mol. The summed E-state index contributed by atoms with van der Waals surface area (Å²) in [6.07, 6.45) is 1.65. The smallest absolute Gasteiger partial charge is 0.252 e. The number of para-hydroxylation sites is 1. The summed E-state index contributed by atoms with van der Waals surface area (Å²) in [5.41, 5.74) is 1.99. The van der Waals surface area contributed by atoms with Crippen LogP contribution in [0.15, 0.2) is 59.5 Å². The third-order valence-electron chi connectivity index (χ3n) is 3.36. The fraction of sp³-hybridized carbons (Fsp3) is 0.111. The largest absolute Gasteiger partial charge is 0.460 e. The molecule has 1 amide bonds. The number of pyridine rings is 1. The van der Waals surface area contributed by atoms with Crippen LogP contribution in [-0.2, 0) is 0 Å². The second-order valence-electron chi connectivity index (χ2n) is 4.98. The summed E-state index contributed by atoms with van der Waals surface area (Å²) in [6, 6.07) is 13.1. The van der Waals surface area contributed by atoms with Crippen LogP contribution in [0.1, 0.15) is 16.1 Å². The molecular formula is C18H16N2O2. The maximum atomic E-state index is 12.4. The van der Waals surface area contributed by atoms with Crippen LogP contribution in [0.25, 0.3) is 22.4 Å². The molecule has 3 rings (SSSR count). The highest BCUT2D eigenvalue weighted by atomic mass is 16.3. The van der Waals surface area contributed by atoms with Gasteiger partial charge in [-0.2, -0.15) is 0 Å². The summed E-state index contributed by atoms with van der Waals surface area (Å²) < 4.78 is 5.62. The molecule has 2 aromatic heterocycles. The Morgan fingerprint density at radius 1 is 1.32 bits per heavy atom. The van der Waals surface area contributed by atoms with Crippen molar-refractivity contribution in [2.75, 3.05) is 6.54 Å². The molecule has 4 heteroatoms. The van der Waals surface area contributed by atoms with Crippen molar-refractivity contribution in [3.8, 4) is 11.5 Å². The molecule has 0 saturated heterocycles. The number of nitrogens with one attached hydrogen (secondary N) is 1. The van der Waals surface area contributed by atoms with Gasteiger partial charge in [-0.05, 0) is 31.2 Å². The molecule has 1 aromatic carbocycles. The average Bonchev–Trinajstić information content (AvgIpc) is 2.98. The lowest BCUT2D eigenvalue weighted by Crippen LogP contribution is -2.23. The average molecular weight is 292 g/mol. The summed E-state index contributed by atoms with van der Waals surface area (Å²) in [7, 11) is 0. The molecule has 0 bridgehead atoms. The first-order valence-corrected chi connectivity index (χ1v) is 7.05. The fourth-order valence-corrected chi connectivity index (χ4v) is 2.32. The number of aryl methyl sites for hydroxylation is 1. The maximum absolute atomic E-state index is 12.4. The molecule has 0 atom stereocenters. The molecular weight excluding hydrogens is 276 g/mol. The number of fused-ring (bicyclic) bond motifs is 1. The van der Waals surface area contributed by atoms with Gasteiger partial charge in [0.15, 0.2) is 5.76 Å². The van der Waals surface area contributed by atoms with Gasteiger partial charge >= 0.3 is 0 Å². The Labute approximate surface area is 128 Å². The molecule has 110 valence electrons. The van der Waals surface area contributed by atoms with E-state index in [1.807, 2.05) is 43.3 Å². The van der Waals surface area contributed by atoms with Crippen molar-refractivity contribution in [1.82, 2.24) is 10.3 Å². The minimum Gasteiger partial charge on any atom is -0.460 e. The molecule has 0 aliphatic carbocycles. The standard InChI is InChI=1S/C18H16N2O2/c1-3-10-19-18(21)14-11-16(17-9-8-12(2)22-17)20-15-7-5-4-6-13(14)15/h3-9,11H,1,10H2,2H3,(H,19,21). The second kappa shape index (κ2) is 5.85. The van der Waals surface area contributed by atoms with Gasteiger partial charge in [0.2, 0.25) is 0 Å². The Morgan fingerprint density at radius 3 is 2.86 bits per heavy atom. The molecule has 3 aromatic rings. The zero-order valence-electron chi connectivity index (χ0n) is 12.3. The summed E-state index contributed by atoms with van der Waals surface area (Å²) >= 11 is 0. The third kappa shape index (κ3) is 2.63. The van der Waals surface area contributed by atoms with E-state index in [-0.39, 0.29) is 5.91 Å². The van der Waals surface area contributed by atoms with Gasteiger partial charge in [0.25, 0.3) is 5.91 Å². The summed E-state index contributed by atoms with van der Waals surface area (Å²) in [5, 5.41) is 3.63. The van der Waals surface area contributed by atoms with E-state index in [1.54, 1.807) is 12.1 Å². The lowest BCUT2D eigenvalue weighted by molar-refractivity contribution is 0.0959. The highest BCUT2D eigenvalue weighted by Gasteiger charge is 2.14. The minimum atomic E-state index is -0.150. The van der Waals surface area contributed by atoms with Crippen molar-refractivity contribution >= 4 is 16.8 Å². The molecule has 0 spiro atoms. The van der Waals surface area contributed by atoms with Gasteiger partial charge < -0.3 is 9.73 Å². The lowest BCUT2D eigenvalue weighted by atomic mass is 10.1. The molecule has 0 saturated carbocycles. The number of hydrogen-bond acceptors (Lipinski definition) is 3. The molecule has 22 heavy (non-hydrogen) atoms. The first-order chi connectivity index (χ1) is 10.7. The summed E-state index contributed by atoms with van der Waals surface area (Å²) in [6.45, 7) is 5.91. The Kier molecular flexibility index (Phi) is 3.74. The van der Waals surface area contributed by atoms with Gasteiger partial charge in [-0.25, -0.2) is 4.98 Å². The van der Waals surface area contributed by atoms with Crippen molar-refractivity contribution in [3.63, 3.8) is 0 Å². The van der Waals surface area contributed by atoms with Gasteiger partial charge in [-0.15, -0.1) is 6.58 Å². The first kappa shape index (κ1) is 14.1. The van der Waals surface area contributed by atoms with Gasteiger partial charge in [-0.1, -0.05) is 24.3 Å². The van der Waals surface area contributed by atoms with Crippen molar-refractivity contribution in [2.45, 2.75) is 6.92 Å². The molecule has 0 unspecified atom stereocenters. The molecule has 1 N–H and O–H groups in total. The molecule has 4 nitrogen and oxygen atoms in total. The predicted molar refractivity (Wildman–Crippen MR) is 86.7 cm³/mol. The molecule has 2 heterocycles. The van der Waals surface area contributed by atoms with Crippen LogP contribution >= 0.6 is 0 Å². The van der Waals surface area contributed by atoms with Crippen LogP contribution in [0, 0.1) is 6.92 Å². The van der Waals surface area contributed by atoms with Crippen LogP contribution in [0.4, 0.5) is 0 Å². The highest BCUT2D eigenvalue weighted by molar-refractivity contribution is 6.07. The number of carbonyl (C=O) groups is 1. The second-order valence-corrected chi connectivity index (χ2v) is 4.98. The van der Waals surface area contributed by atoms with E-state index >= 15 is 0 Å². The molecule has 0 aliphatic heterocycles. The lowest BCUT2D eigenvalue weighted by Gasteiger charge is -2.08. The summed E-state index contributed by atoms with van der Waals surface area (Å²) in [4.78, 5) is 17.0. The highest BCUT2D eigenvalue weighted by Crippen LogP contribution is 2.26. The van der Waals surface area contributed by atoms with Crippen molar-refractivity contribution in [3.05, 3.63) is 66.4 Å². The van der Waals surface area contributed by atoms with Crippen LogP contribution in [0.5, 0.6) is 0 Å². The van der Waals surface area contributed by atoms with Crippen molar-refractivity contribution < 1.29 is 9.21 Å². The van der Waals surface area contributed by atoms with Crippen LogP contribution in [0.3, 0.4) is 0 Å². The van der Waals surface area contributed by atoms with E-state index in [0.717, 1.165) is 16.7 Å². The van der Waals surface area contributed by atoms with E-state index in [1.165, 1.54) is 0 Å². The quantitative estimate of drug-likeness (QED) is 0.746. The summed E-state index contributed by atoms with van der Waals surface area (Å²) in [5.74, 6) is 1.31. The van der Waals surface area contributed by atoms with E-state index in [4.69, 9.17) is 4.42 Å². The van der Waals surface area contributed by atoms with Crippen molar-refractivity contribution in [1.29, 1.82) is 0 Å². The zero-order valence-corrected chi connectivity index (χ0v) is 12.3. The van der Waals surface area contributed by atoms with E-state index in [0.29, 0.717) is 23.6 Å². The first-order valence-electron chi connectivity index (χ1n) is 7.05. The number of amides is 1. The van der Waals surface area contributed by atoms with Gasteiger partial charge in [0, 0.05) is 11.9 Å². The van der Waals surface area contributed by atoms with Crippen LogP contribution < -0.4 is 5.32 Å². The topological polar surface area (TPSA) is 55.1 Å². The molecule has 0 aliphatic rings. The normalized spacial score (nSPS) is 10.6. The SMILES string of the molecule is C=CCNC(=O)c1cc(-c2ccc(C)o2)nc2ccccc12. The number of nitrogens with zero attached hydrogens (tertiary/aromatic N) is 1. The van der Waals surface area contributed by atoms with Crippen molar-refractivity contribution in [2.24, 2.45) is 0 Å². The Balaban J connectivity index is 2.16. The Bertz CT molecular complexity index is 849. The van der Waals surface area contributed by atoms with E-state index in [9.17, 15) is 4.79 Å². The Hall–Kier alpha value is -2.88. The number of aromatic nitrogens is 1. The number of carbonyl (C=O) groups excluding carboxylic acids is 1. The van der Waals surface area contributed by atoms with Crippen LogP contribution in [-0.4, -0.2) is 17.4 Å². The fourth-order valence-electron chi connectivity index (χ4n) is 2.32. The molecule has 0 fully saturated rings. The Morgan fingerprint density at radius 2 is 2.14 bits per heavy atom. The predicted octanol–water partition coefficient (Wildman–Crippen LogP) is 3.72. The van der Waals surface area contributed by atoms with Gasteiger partial charge in [0.05, 0.1) is 11.1 Å². The molecule has 0 radical (unpaired) electrons. The van der Waals surface area contributed by atoms with E-state index < -0.39 is 0 Å². The maximum Gasteiger partial charge on any atom is 0.252 e. The zero-order chi connectivity index (χ0) is 15.5. The number of hydrogen-bond donors (Lipinski definition) is 1. The number of rotatable bonds is 4. The van der Waals surface area contributed by atoms with E-state index in [2.05, 4.69) is 16.9 Å². The third-order valence-corrected chi connectivity index (χ3v) is 3.36. The number of furan rings is 1. The number of benzene rings is 1. The van der Waals surface area contributed by atoms with Gasteiger partial charge in [-0.3, -0.25) is 4.79 Å². The van der Waals surface area contributed by atoms with Gasteiger partial charge in [0.1, 0.15) is 11.5 Å².